The average Bonchev–Trinajstić information content (AvgIpc) is 3.32. The standard InChI is InChI=1S/C25H18ClF3N2O3/c26-18-10-12-19(13-11-18)31-21(16-6-8-17(9-7-16)25(27,28)29)20-22(34-31)24(33)30(23(20)32)14-15-4-2-1-3-5-15/h1-13,20-22H,14H2/t20-,21-,22-/m0/s1. The Labute approximate surface area is 198 Å². The van der Waals surface area contributed by atoms with Crippen molar-refractivity contribution in [3.8, 4) is 0 Å². The van der Waals surface area contributed by atoms with Crippen molar-refractivity contribution < 1.29 is 27.6 Å². The van der Waals surface area contributed by atoms with Crippen molar-refractivity contribution in [2.45, 2.75) is 24.9 Å². The Morgan fingerprint density at radius 1 is 0.853 bits per heavy atom. The molecule has 0 saturated carbocycles. The third kappa shape index (κ3) is 3.93. The van der Waals surface area contributed by atoms with E-state index in [4.69, 9.17) is 16.4 Å². The molecule has 0 radical (unpaired) electrons. The fourth-order valence-corrected chi connectivity index (χ4v) is 4.54. The van der Waals surface area contributed by atoms with E-state index in [1.807, 2.05) is 30.3 Å². The van der Waals surface area contributed by atoms with Crippen LogP contribution in [0.15, 0.2) is 78.9 Å². The maximum absolute atomic E-state index is 13.4. The molecule has 5 rings (SSSR count). The smallest absolute Gasteiger partial charge is 0.275 e. The summed E-state index contributed by atoms with van der Waals surface area (Å²) < 4.78 is 39.3. The number of anilines is 1. The molecule has 0 aromatic heterocycles. The van der Waals surface area contributed by atoms with E-state index in [-0.39, 0.29) is 6.54 Å². The van der Waals surface area contributed by atoms with Gasteiger partial charge >= 0.3 is 6.18 Å². The van der Waals surface area contributed by atoms with Crippen molar-refractivity contribution in [3.05, 3.63) is 101 Å². The zero-order valence-electron chi connectivity index (χ0n) is 17.6. The molecule has 2 fully saturated rings. The van der Waals surface area contributed by atoms with Crippen LogP contribution in [-0.2, 0) is 27.1 Å². The maximum atomic E-state index is 13.4. The zero-order chi connectivity index (χ0) is 24.0. The highest BCUT2D eigenvalue weighted by Gasteiger charge is 2.59. The number of nitrogens with zero attached hydrogens (tertiary/aromatic N) is 2. The molecule has 3 atom stereocenters. The number of benzene rings is 3. The molecule has 3 aromatic rings. The van der Waals surface area contributed by atoms with Gasteiger partial charge in [0.1, 0.15) is 5.92 Å². The van der Waals surface area contributed by atoms with Crippen LogP contribution in [0.2, 0.25) is 5.02 Å². The van der Waals surface area contributed by atoms with Gasteiger partial charge in [0.2, 0.25) is 5.91 Å². The molecule has 2 aliphatic rings. The number of hydrogen-bond acceptors (Lipinski definition) is 4. The molecule has 0 unspecified atom stereocenters. The van der Waals surface area contributed by atoms with Gasteiger partial charge in [-0.2, -0.15) is 13.2 Å². The van der Waals surface area contributed by atoms with Gasteiger partial charge in [-0.3, -0.25) is 19.3 Å². The largest absolute Gasteiger partial charge is 0.416 e. The van der Waals surface area contributed by atoms with Gasteiger partial charge in [0.15, 0.2) is 6.10 Å². The first kappa shape index (κ1) is 22.4. The second-order valence-electron chi connectivity index (χ2n) is 8.17. The topological polar surface area (TPSA) is 49.9 Å². The van der Waals surface area contributed by atoms with E-state index < -0.39 is 41.6 Å². The number of rotatable bonds is 4. The third-order valence-electron chi connectivity index (χ3n) is 6.05. The fraction of sp³-hybridized carbons (Fsp3) is 0.200. The fourth-order valence-electron chi connectivity index (χ4n) is 4.41. The molecule has 0 aliphatic carbocycles. The lowest BCUT2D eigenvalue weighted by molar-refractivity contribution is -0.144. The lowest BCUT2D eigenvalue weighted by Crippen LogP contribution is -2.37. The van der Waals surface area contributed by atoms with Crippen LogP contribution in [0.1, 0.15) is 22.7 Å². The van der Waals surface area contributed by atoms with Gasteiger partial charge in [-0.15, -0.1) is 0 Å². The van der Waals surface area contributed by atoms with E-state index in [0.29, 0.717) is 16.3 Å². The van der Waals surface area contributed by atoms with Gasteiger partial charge in [0.05, 0.1) is 23.8 Å². The Hall–Kier alpha value is -3.36. The van der Waals surface area contributed by atoms with Crippen LogP contribution in [0.5, 0.6) is 0 Å². The minimum absolute atomic E-state index is 0.0928. The van der Waals surface area contributed by atoms with Crippen LogP contribution in [0.25, 0.3) is 0 Å². The number of carbonyl (C=O) groups is 2. The molecule has 0 N–H and O–H groups in total. The van der Waals surface area contributed by atoms with Crippen molar-refractivity contribution in [1.29, 1.82) is 0 Å². The Bertz CT molecular complexity index is 1220. The Balaban J connectivity index is 1.52. The molecule has 9 heteroatoms. The van der Waals surface area contributed by atoms with Crippen molar-refractivity contribution in [2.24, 2.45) is 5.92 Å². The monoisotopic (exact) mass is 486 g/mol. The number of hydroxylamine groups is 1. The second kappa shape index (κ2) is 8.45. The SMILES string of the molecule is O=C1[C@@H]2[C@H](ON(c3ccc(Cl)cc3)[C@H]2c2ccc(C(F)(F)F)cc2)C(=O)N1Cc1ccccc1. The summed E-state index contributed by atoms with van der Waals surface area (Å²) in [5.41, 5.74) is 0.936. The average molecular weight is 487 g/mol. The van der Waals surface area contributed by atoms with Crippen LogP contribution in [0.4, 0.5) is 18.9 Å². The first-order chi connectivity index (χ1) is 16.2. The first-order valence-corrected chi connectivity index (χ1v) is 10.9. The molecule has 2 heterocycles. The molecule has 34 heavy (non-hydrogen) atoms. The minimum Gasteiger partial charge on any atom is -0.275 e. The Morgan fingerprint density at radius 3 is 2.12 bits per heavy atom. The molecule has 0 spiro atoms. The van der Waals surface area contributed by atoms with Gasteiger partial charge in [-0.1, -0.05) is 54.1 Å². The summed E-state index contributed by atoms with van der Waals surface area (Å²) in [6.07, 6.45) is -5.58. The lowest BCUT2D eigenvalue weighted by Gasteiger charge is -2.29. The predicted octanol–water partition coefficient (Wildman–Crippen LogP) is 5.41. The van der Waals surface area contributed by atoms with Crippen LogP contribution in [0, 0.1) is 5.92 Å². The van der Waals surface area contributed by atoms with Crippen LogP contribution >= 0.6 is 11.6 Å². The summed E-state index contributed by atoms with van der Waals surface area (Å²) in [5, 5.41) is 1.90. The molecule has 2 saturated heterocycles. The molecule has 5 nitrogen and oxygen atoms in total. The van der Waals surface area contributed by atoms with Gasteiger partial charge in [-0.25, -0.2) is 5.06 Å². The molecule has 2 amide bonds. The van der Waals surface area contributed by atoms with Crippen molar-refractivity contribution in [1.82, 2.24) is 4.90 Å². The highest BCUT2D eigenvalue weighted by Crippen LogP contribution is 2.47. The van der Waals surface area contributed by atoms with Crippen LogP contribution in [0.3, 0.4) is 0 Å². The molecule has 2 aliphatic heterocycles. The van der Waals surface area contributed by atoms with Crippen molar-refractivity contribution in [3.63, 3.8) is 0 Å². The van der Waals surface area contributed by atoms with E-state index in [9.17, 15) is 22.8 Å². The number of alkyl halides is 3. The van der Waals surface area contributed by atoms with E-state index in [0.717, 1.165) is 22.6 Å². The van der Waals surface area contributed by atoms with Gasteiger partial charge in [-0.05, 0) is 47.5 Å². The Morgan fingerprint density at radius 2 is 1.50 bits per heavy atom. The quantitative estimate of drug-likeness (QED) is 0.463. The van der Waals surface area contributed by atoms with Crippen molar-refractivity contribution in [2.75, 3.05) is 5.06 Å². The van der Waals surface area contributed by atoms with Gasteiger partial charge in [0, 0.05) is 5.02 Å². The molecular formula is C25H18ClF3N2O3. The van der Waals surface area contributed by atoms with Crippen LogP contribution in [-0.4, -0.2) is 22.8 Å². The number of likely N-dealkylation sites (tertiary alicyclic amines) is 1. The van der Waals surface area contributed by atoms with Gasteiger partial charge < -0.3 is 0 Å². The first-order valence-electron chi connectivity index (χ1n) is 10.5. The third-order valence-corrected chi connectivity index (χ3v) is 6.30. The van der Waals surface area contributed by atoms with Crippen LogP contribution < -0.4 is 5.06 Å². The number of imide groups is 1. The molecule has 3 aromatic carbocycles. The van der Waals surface area contributed by atoms with Crippen molar-refractivity contribution >= 4 is 29.1 Å². The minimum atomic E-state index is -4.49. The summed E-state index contributed by atoms with van der Waals surface area (Å²) in [5.74, 6) is -1.82. The van der Waals surface area contributed by atoms with Gasteiger partial charge in [0.25, 0.3) is 5.91 Å². The Kier molecular flexibility index (Phi) is 5.58. The molecule has 174 valence electrons. The van der Waals surface area contributed by atoms with E-state index in [1.165, 1.54) is 17.2 Å². The molecule has 0 bridgehead atoms. The summed E-state index contributed by atoms with van der Waals surface area (Å²) in [7, 11) is 0. The highest BCUT2D eigenvalue weighted by molar-refractivity contribution is 6.30. The number of halogens is 4. The number of hydrogen-bond donors (Lipinski definition) is 0. The predicted molar refractivity (Wildman–Crippen MR) is 118 cm³/mol. The maximum Gasteiger partial charge on any atom is 0.416 e. The summed E-state index contributed by atoms with van der Waals surface area (Å²) in [6, 6.07) is 19.4. The normalized spacial score (nSPS) is 22.4. The number of carbonyl (C=O) groups excluding carboxylic acids is 2. The molecular weight excluding hydrogens is 469 g/mol. The summed E-state index contributed by atoms with van der Waals surface area (Å²) in [6.45, 7) is 0.0928. The number of amides is 2. The summed E-state index contributed by atoms with van der Waals surface area (Å²) in [4.78, 5) is 33.8. The lowest BCUT2D eigenvalue weighted by atomic mass is 9.90. The number of fused-ring (bicyclic) bond motifs is 1. The highest BCUT2D eigenvalue weighted by atomic mass is 35.5. The van der Waals surface area contributed by atoms with E-state index in [1.54, 1.807) is 24.3 Å². The van der Waals surface area contributed by atoms with E-state index in [2.05, 4.69) is 0 Å². The van der Waals surface area contributed by atoms with E-state index >= 15 is 0 Å². The second-order valence-corrected chi connectivity index (χ2v) is 8.60. The summed E-state index contributed by atoms with van der Waals surface area (Å²) >= 11 is 5.99. The zero-order valence-corrected chi connectivity index (χ0v) is 18.3.